The topological polar surface area (TPSA) is 68.6 Å². The zero-order chi connectivity index (χ0) is 19.5. The Morgan fingerprint density at radius 3 is 2.82 bits per heavy atom. The maximum Gasteiger partial charge on any atom is 0.409 e. The van der Waals surface area contributed by atoms with E-state index < -0.39 is 0 Å². The molecule has 1 amide bonds. The molecule has 1 aromatic carbocycles. The number of pyridine rings is 1. The predicted octanol–water partition coefficient (Wildman–Crippen LogP) is 2.94. The van der Waals surface area contributed by atoms with Crippen molar-refractivity contribution in [3.05, 3.63) is 36.2 Å². The van der Waals surface area contributed by atoms with Crippen LogP contribution in [0.25, 0.3) is 21.8 Å². The van der Waals surface area contributed by atoms with Gasteiger partial charge in [-0.05, 0) is 31.5 Å². The Bertz CT molecular complexity index is 992. The molecular formula is C21H26N4O3. The van der Waals surface area contributed by atoms with Gasteiger partial charge < -0.3 is 24.3 Å². The number of benzene rings is 1. The van der Waals surface area contributed by atoms with E-state index in [1.165, 1.54) is 10.8 Å². The quantitative estimate of drug-likeness (QED) is 0.687. The Labute approximate surface area is 164 Å². The van der Waals surface area contributed by atoms with Crippen LogP contribution in [0.5, 0.6) is 5.75 Å². The summed E-state index contributed by atoms with van der Waals surface area (Å²) < 4.78 is 13.2. The van der Waals surface area contributed by atoms with Crippen LogP contribution in [0.2, 0.25) is 0 Å². The summed E-state index contributed by atoms with van der Waals surface area (Å²) in [7, 11) is 1.68. The number of nitrogens with one attached hydrogen (secondary N) is 1. The van der Waals surface area contributed by atoms with Crippen molar-refractivity contribution in [3.63, 3.8) is 0 Å². The molecule has 0 saturated carbocycles. The fraction of sp³-hybridized carbons (Fsp3) is 0.429. The van der Waals surface area contributed by atoms with Crippen molar-refractivity contribution in [3.8, 4) is 5.75 Å². The second-order valence-electron chi connectivity index (χ2n) is 7.03. The Balaban J connectivity index is 1.52. The second kappa shape index (κ2) is 8.06. The van der Waals surface area contributed by atoms with Gasteiger partial charge in [0, 0.05) is 55.8 Å². The highest BCUT2D eigenvalue weighted by molar-refractivity contribution is 6.09. The number of carbonyl (C=O) groups is 1. The third-order valence-corrected chi connectivity index (χ3v) is 5.29. The summed E-state index contributed by atoms with van der Waals surface area (Å²) in [5.74, 6) is 0.826. The monoisotopic (exact) mass is 382 g/mol. The molecule has 0 atom stereocenters. The minimum Gasteiger partial charge on any atom is -0.497 e. The van der Waals surface area contributed by atoms with Gasteiger partial charge in [0.15, 0.2) is 0 Å². The number of methoxy groups -OCH3 is 1. The predicted molar refractivity (Wildman–Crippen MR) is 109 cm³/mol. The zero-order valence-electron chi connectivity index (χ0n) is 16.4. The molecule has 0 unspecified atom stereocenters. The Morgan fingerprint density at radius 2 is 2.04 bits per heavy atom. The van der Waals surface area contributed by atoms with E-state index in [1.54, 1.807) is 12.0 Å². The van der Waals surface area contributed by atoms with E-state index >= 15 is 0 Å². The molecule has 3 heterocycles. The number of carbonyl (C=O) groups excluding carboxylic acids is 1. The number of piperazine rings is 1. The second-order valence-corrected chi connectivity index (χ2v) is 7.03. The number of hydrogen-bond donors (Lipinski definition) is 1. The van der Waals surface area contributed by atoms with E-state index in [1.807, 2.05) is 19.2 Å². The standard InChI is InChI=1S/C21H26N4O3/c1-15-20-18(6-7-23-15)17-5-4-16(27-2)14-19(17)25(20)10-3-13-28-21(26)24-11-8-22-9-12-24/h4-7,14,22H,3,8-13H2,1-2H3. The van der Waals surface area contributed by atoms with Gasteiger partial charge in [-0.3, -0.25) is 4.98 Å². The molecule has 7 heteroatoms. The van der Waals surface area contributed by atoms with Crippen LogP contribution in [0, 0.1) is 6.92 Å². The lowest BCUT2D eigenvalue weighted by Gasteiger charge is -2.26. The van der Waals surface area contributed by atoms with Gasteiger partial charge in [-0.1, -0.05) is 0 Å². The van der Waals surface area contributed by atoms with E-state index in [2.05, 4.69) is 33.1 Å². The van der Waals surface area contributed by atoms with Gasteiger partial charge in [0.2, 0.25) is 0 Å². The molecule has 148 valence electrons. The van der Waals surface area contributed by atoms with Crippen LogP contribution in [0.15, 0.2) is 30.5 Å². The summed E-state index contributed by atoms with van der Waals surface area (Å²) in [6, 6.07) is 8.19. The Morgan fingerprint density at radius 1 is 1.21 bits per heavy atom. The zero-order valence-corrected chi connectivity index (χ0v) is 16.4. The molecule has 1 N–H and O–H groups in total. The first-order valence-corrected chi connectivity index (χ1v) is 9.73. The molecule has 1 aliphatic rings. The third kappa shape index (κ3) is 3.49. The fourth-order valence-corrected chi connectivity index (χ4v) is 3.88. The van der Waals surface area contributed by atoms with Crippen molar-refractivity contribution >= 4 is 27.9 Å². The number of fused-ring (bicyclic) bond motifs is 3. The van der Waals surface area contributed by atoms with Crippen molar-refractivity contribution < 1.29 is 14.3 Å². The molecule has 1 aliphatic heterocycles. The molecule has 0 spiro atoms. The molecule has 1 fully saturated rings. The lowest BCUT2D eigenvalue weighted by molar-refractivity contribution is 0.0958. The summed E-state index contributed by atoms with van der Waals surface area (Å²) in [6.07, 6.45) is 2.37. The van der Waals surface area contributed by atoms with Gasteiger partial charge in [-0.2, -0.15) is 0 Å². The summed E-state index contributed by atoms with van der Waals surface area (Å²) in [5, 5.41) is 5.60. The highest BCUT2D eigenvalue weighted by Crippen LogP contribution is 2.32. The molecule has 0 aliphatic carbocycles. The van der Waals surface area contributed by atoms with E-state index in [0.29, 0.717) is 19.7 Å². The van der Waals surface area contributed by atoms with Gasteiger partial charge in [-0.25, -0.2) is 4.79 Å². The Kier molecular flexibility index (Phi) is 5.34. The average molecular weight is 382 g/mol. The largest absolute Gasteiger partial charge is 0.497 e. The third-order valence-electron chi connectivity index (χ3n) is 5.29. The molecule has 1 saturated heterocycles. The van der Waals surface area contributed by atoms with E-state index in [4.69, 9.17) is 9.47 Å². The van der Waals surface area contributed by atoms with Crippen molar-refractivity contribution in [1.82, 2.24) is 19.8 Å². The maximum atomic E-state index is 12.2. The number of nitrogens with zero attached hydrogens (tertiary/aromatic N) is 3. The number of rotatable bonds is 5. The summed E-state index contributed by atoms with van der Waals surface area (Å²) in [6.45, 7) is 6.23. The lowest BCUT2D eigenvalue weighted by Crippen LogP contribution is -2.46. The van der Waals surface area contributed by atoms with Crippen LogP contribution in [0.1, 0.15) is 12.1 Å². The maximum absolute atomic E-state index is 12.2. The molecule has 2 aromatic heterocycles. The van der Waals surface area contributed by atoms with Gasteiger partial charge in [-0.15, -0.1) is 0 Å². The van der Waals surface area contributed by atoms with Crippen LogP contribution in [0.4, 0.5) is 4.79 Å². The highest BCUT2D eigenvalue weighted by atomic mass is 16.6. The highest BCUT2D eigenvalue weighted by Gasteiger charge is 2.18. The lowest BCUT2D eigenvalue weighted by atomic mass is 10.1. The van der Waals surface area contributed by atoms with Crippen molar-refractivity contribution in [1.29, 1.82) is 0 Å². The first-order chi connectivity index (χ1) is 13.7. The number of ether oxygens (including phenoxy) is 2. The summed E-state index contributed by atoms with van der Waals surface area (Å²) in [4.78, 5) is 18.4. The van der Waals surface area contributed by atoms with Gasteiger partial charge >= 0.3 is 6.09 Å². The Hall–Kier alpha value is -2.80. The SMILES string of the molecule is COc1ccc2c3ccnc(C)c3n(CCCOC(=O)N3CCNCC3)c2c1. The number of aryl methyl sites for hydroxylation is 2. The number of hydrogen-bond acceptors (Lipinski definition) is 5. The number of amides is 1. The molecular weight excluding hydrogens is 356 g/mol. The minimum absolute atomic E-state index is 0.219. The van der Waals surface area contributed by atoms with Crippen molar-refractivity contribution in [2.24, 2.45) is 0 Å². The fourth-order valence-electron chi connectivity index (χ4n) is 3.88. The average Bonchev–Trinajstić information content (AvgIpc) is 3.06. The molecule has 4 rings (SSSR count). The van der Waals surface area contributed by atoms with Gasteiger partial charge in [0.05, 0.1) is 30.4 Å². The normalized spacial score (nSPS) is 14.6. The van der Waals surface area contributed by atoms with Crippen molar-refractivity contribution in [2.75, 3.05) is 39.9 Å². The van der Waals surface area contributed by atoms with Gasteiger partial charge in [0.25, 0.3) is 0 Å². The smallest absolute Gasteiger partial charge is 0.409 e. The first-order valence-electron chi connectivity index (χ1n) is 9.73. The van der Waals surface area contributed by atoms with E-state index in [0.717, 1.165) is 48.5 Å². The van der Waals surface area contributed by atoms with Crippen LogP contribution in [-0.4, -0.2) is 60.4 Å². The molecule has 28 heavy (non-hydrogen) atoms. The van der Waals surface area contributed by atoms with Gasteiger partial charge in [0.1, 0.15) is 5.75 Å². The molecule has 7 nitrogen and oxygen atoms in total. The van der Waals surface area contributed by atoms with Crippen LogP contribution >= 0.6 is 0 Å². The first kappa shape index (κ1) is 18.6. The van der Waals surface area contributed by atoms with Crippen LogP contribution in [0.3, 0.4) is 0 Å². The molecule has 0 bridgehead atoms. The molecule has 3 aromatic rings. The van der Waals surface area contributed by atoms with Crippen molar-refractivity contribution in [2.45, 2.75) is 19.9 Å². The van der Waals surface area contributed by atoms with E-state index in [-0.39, 0.29) is 6.09 Å². The van der Waals surface area contributed by atoms with Crippen LogP contribution in [-0.2, 0) is 11.3 Å². The van der Waals surface area contributed by atoms with Crippen LogP contribution < -0.4 is 10.1 Å². The number of aromatic nitrogens is 2. The van der Waals surface area contributed by atoms with E-state index in [9.17, 15) is 4.79 Å². The minimum atomic E-state index is -0.219. The summed E-state index contributed by atoms with van der Waals surface area (Å²) in [5.41, 5.74) is 3.23. The molecule has 0 radical (unpaired) electrons. The summed E-state index contributed by atoms with van der Waals surface area (Å²) >= 11 is 0.